The highest BCUT2D eigenvalue weighted by Gasteiger charge is 2.53. The number of halogens is 4. The van der Waals surface area contributed by atoms with Crippen molar-refractivity contribution in [3.05, 3.63) is 67.6 Å². The zero-order chi connectivity index (χ0) is 23.8. The molecule has 2 fully saturated rings. The van der Waals surface area contributed by atoms with Crippen molar-refractivity contribution in [1.29, 1.82) is 0 Å². The minimum absolute atomic E-state index is 0.0687. The number of amides is 2. The van der Waals surface area contributed by atoms with Crippen LogP contribution in [0.15, 0.2) is 36.4 Å². The van der Waals surface area contributed by atoms with Crippen LogP contribution in [-0.2, 0) is 21.4 Å². The van der Waals surface area contributed by atoms with E-state index in [0.717, 1.165) is 24.0 Å². The third-order valence-electron chi connectivity index (χ3n) is 6.44. The highest BCUT2D eigenvalue weighted by atomic mass is 35.5. The molecule has 0 spiro atoms. The average Bonchev–Trinajstić information content (AvgIpc) is 3.56. The lowest BCUT2D eigenvalue weighted by atomic mass is 9.93. The largest absolute Gasteiger partial charge is 0.343 e. The number of carbonyl (C=O) groups excluding carboxylic acids is 2. The standard InChI is InChI=1S/C24H25Cl4N3O2/c25-15-4-3-14(19(27)11-15)10-21(22(32)31-9-1-2-17(29)13-31)30-23(33)24(7-8-24)18-6-5-16(26)12-20(18)28/h3-6,11-12,17,21H,1-2,7-10,13,29H2,(H,30,33)/t17-,21+/m1/s1. The lowest BCUT2D eigenvalue weighted by Gasteiger charge is -2.34. The molecule has 3 N–H and O–H groups in total. The molecule has 9 heteroatoms. The van der Waals surface area contributed by atoms with Crippen molar-refractivity contribution >= 4 is 58.2 Å². The maximum atomic E-state index is 13.5. The number of nitrogens with one attached hydrogen (secondary N) is 1. The number of rotatable bonds is 6. The Hall–Kier alpha value is -1.50. The van der Waals surface area contributed by atoms with E-state index in [2.05, 4.69) is 5.32 Å². The van der Waals surface area contributed by atoms with Crippen LogP contribution in [0.2, 0.25) is 20.1 Å². The first-order chi connectivity index (χ1) is 15.7. The first-order valence-electron chi connectivity index (χ1n) is 10.9. The summed E-state index contributed by atoms with van der Waals surface area (Å²) in [4.78, 5) is 28.7. The maximum absolute atomic E-state index is 13.5. The first kappa shape index (κ1) is 24.6. The minimum Gasteiger partial charge on any atom is -0.343 e. The summed E-state index contributed by atoms with van der Waals surface area (Å²) in [6.07, 6.45) is 3.26. The lowest BCUT2D eigenvalue weighted by molar-refractivity contribution is -0.138. The molecule has 2 atom stereocenters. The topological polar surface area (TPSA) is 75.4 Å². The zero-order valence-corrected chi connectivity index (χ0v) is 20.9. The van der Waals surface area contributed by atoms with Crippen molar-refractivity contribution in [1.82, 2.24) is 10.2 Å². The van der Waals surface area contributed by atoms with E-state index < -0.39 is 11.5 Å². The molecule has 5 nitrogen and oxygen atoms in total. The highest BCUT2D eigenvalue weighted by Crippen LogP contribution is 2.51. The quantitative estimate of drug-likeness (QED) is 0.553. The van der Waals surface area contributed by atoms with Gasteiger partial charge < -0.3 is 16.0 Å². The number of piperidine rings is 1. The molecule has 2 aromatic carbocycles. The summed E-state index contributed by atoms with van der Waals surface area (Å²) in [6, 6.07) is 9.42. The van der Waals surface area contributed by atoms with E-state index in [1.807, 2.05) is 0 Å². The molecule has 1 saturated carbocycles. The van der Waals surface area contributed by atoms with Crippen LogP contribution < -0.4 is 11.1 Å². The summed E-state index contributed by atoms with van der Waals surface area (Å²) in [5, 5.41) is 4.92. The van der Waals surface area contributed by atoms with E-state index in [4.69, 9.17) is 52.1 Å². The molecule has 1 saturated heterocycles. The van der Waals surface area contributed by atoms with Crippen molar-refractivity contribution < 1.29 is 9.59 Å². The molecule has 0 bridgehead atoms. The van der Waals surface area contributed by atoms with Crippen molar-refractivity contribution in [3.63, 3.8) is 0 Å². The van der Waals surface area contributed by atoms with Gasteiger partial charge in [-0.3, -0.25) is 9.59 Å². The Labute approximate surface area is 213 Å². The minimum atomic E-state index is -0.787. The number of benzene rings is 2. The van der Waals surface area contributed by atoms with E-state index in [9.17, 15) is 9.59 Å². The third kappa shape index (κ3) is 5.44. The van der Waals surface area contributed by atoms with Gasteiger partial charge in [0, 0.05) is 45.6 Å². The van der Waals surface area contributed by atoms with E-state index in [-0.39, 0.29) is 24.3 Å². The van der Waals surface area contributed by atoms with E-state index in [0.29, 0.717) is 46.0 Å². The number of nitrogens with two attached hydrogens (primary N) is 1. The third-order valence-corrected chi connectivity index (χ3v) is 7.58. The molecule has 2 amide bonds. The summed E-state index contributed by atoms with van der Waals surface area (Å²) in [5.41, 5.74) is 6.79. The van der Waals surface area contributed by atoms with Crippen LogP contribution in [-0.4, -0.2) is 41.9 Å². The summed E-state index contributed by atoms with van der Waals surface area (Å²) < 4.78 is 0. The second-order valence-corrected chi connectivity index (χ2v) is 10.5. The van der Waals surface area contributed by atoms with Crippen molar-refractivity contribution in [2.75, 3.05) is 13.1 Å². The van der Waals surface area contributed by atoms with E-state index in [1.165, 1.54) is 0 Å². The van der Waals surface area contributed by atoms with Gasteiger partial charge in [-0.05, 0) is 61.1 Å². The summed E-state index contributed by atoms with van der Waals surface area (Å²) in [7, 11) is 0. The van der Waals surface area contributed by atoms with Gasteiger partial charge in [0.1, 0.15) is 6.04 Å². The number of nitrogens with zero attached hydrogens (tertiary/aromatic N) is 1. The fourth-order valence-electron chi connectivity index (χ4n) is 4.46. The Morgan fingerprint density at radius 1 is 1.06 bits per heavy atom. The van der Waals surface area contributed by atoms with Gasteiger partial charge in [-0.25, -0.2) is 0 Å². The smallest absolute Gasteiger partial charge is 0.245 e. The van der Waals surface area contributed by atoms with Crippen LogP contribution in [0, 0.1) is 0 Å². The monoisotopic (exact) mass is 527 g/mol. The predicted octanol–water partition coefficient (Wildman–Crippen LogP) is 5.01. The molecule has 1 heterocycles. The van der Waals surface area contributed by atoms with Gasteiger partial charge in [0.05, 0.1) is 5.41 Å². The molecule has 2 aromatic rings. The molecule has 176 valence electrons. The molecule has 0 radical (unpaired) electrons. The molecule has 1 aliphatic carbocycles. The zero-order valence-electron chi connectivity index (χ0n) is 17.9. The fraction of sp³-hybridized carbons (Fsp3) is 0.417. The van der Waals surface area contributed by atoms with E-state index >= 15 is 0 Å². The summed E-state index contributed by atoms with van der Waals surface area (Å²) >= 11 is 24.9. The molecule has 33 heavy (non-hydrogen) atoms. The molecule has 4 rings (SSSR count). The number of carbonyl (C=O) groups is 2. The molecule has 0 aromatic heterocycles. The molecule has 1 aliphatic heterocycles. The Bertz CT molecular complexity index is 1070. The van der Waals surface area contributed by atoms with Gasteiger partial charge in [-0.2, -0.15) is 0 Å². The van der Waals surface area contributed by atoms with Crippen LogP contribution >= 0.6 is 46.4 Å². The number of hydrogen-bond donors (Lipinski definition) is 2. The SMILES string of the molecule is N[C@@H]1CCCN(C(=O)[C@H](Cc2ccc(Cl)cc2Cl)NC(=O)C2(c3ccc(Cl)cc3Cl)CC2)C1. The Kier molecular flexibility index (Phi) is 7.47. The van der Waals surface area contributed by atoms with Crippen molar-refractivity contribution in [2.24, 2.45) is 5.73 Å². The number of likely N-dealkylation sites (tertiary alicyclic amines) is 1. The van der Waals surface area contributed by atoms with Gasteiger partial charge >= 0.3 is 0 Å². The molecular weight excluding hydrogens is 504 g/mol. The Morgan fingerprint density at radius 2 is 1.73 bits per heavy atom. The van der Waals surface area contributed by atoms with Gasteiger partial charge in [-0.15, -0.1) is 0 Å². The van der Waals surface area contributed by atoms with Crippen LogP contribution in [0.25, 0.3) is 0 Å². The highest BCUT2D eigenvalue weighted by molar-refractivity contribution is 6.35. The van der Waals surface area contributed by atoms with Crippen molar-refractivity contribution in [3.8, 4) is 0 Å². The first-order valence-corrected chi connectivity index (χ1v) is 12.5. The lowest BCUT2D eigenvalue weighted by Crippen LogP contribution is -2.55. The van der Waals surface area contributed by atoms with Crippen LogP contribution in [0.5, 0.6) is 0 Å². The summed E-state index contributed by atoms with van der Waals surface area (Å²) in [5.74, 6) is -0.390. The van der Waals surface area contributed by atoms with Crippen LogP contribution in [0.1, 0.15) is 36.8 Å². The molecule has 2 aliphatic rings. The summed E-state index contributed by atoms with van der Waals surface area (Å²) in [6.45, 7) is 1.08. The Balaban J connectivity index is 1.60. The number of hydrogen-bond acceptors (Lipinski definition) is 3. The van der Waals surface area contributed by atoms with Gasteiger partial charge in [0.2, 0.25) is 11.8 Å². The maximum Gasteiger partial charge on any atom is 0.245 e. The molecule has 0 unspecified atom stereocenters. The van der Waals surface area contributed by atoms with E-state index in [1.54, 1.807) is 41.3 Å². The Morgan fingerprint density at radius 3 is 2.33 bits per heavy atom. The average molecular weight is 529 g/mol. The normalized spacial score (nSPS) is 20.3. The predicted molar refractivity (Wildman–Crippen MR) is 133 cm³/mol. The fourth-order valence-corrected chi connectivity index (χ4v) is 5.53. The second-order valence-electron chi connectivity index (χ2n) is 8.86. The van der Waals surface area contributed by atoms with Crippen LogP contribution in [0.3, 0.4) is 0 Å². The van der Waals surface area contributed by atoms with Crippen LogP contribution in [0.4, 0.5) is 0 Å². The van der Waals surface area contributed by atoms with Crippen molar-refractivity contribution in [2.45, 2.75) is 49.6 Å². The van der Waals surface area contributed by atoms with Gasteiger partial charge in [0.25, 0.3) is 0 Å². The second kappa shape index (κ2) is 10.0. The van der Waals surface area contributed by atoms with Gasteiger partial charge in [-0.1, -0.05) is 58.5 Å². The molecular formula is C24H25Cl4N3O2. The van der Waals surface area contributed by atoms with Gasteiger partial charge in [0.15, 0.2) is 0 Å².